The van der Waals surface area contributed by atoms with Crippen molar-refractivity contribution in [3.8, 4) is 17.0 Å². The Kier molecular flexibility index (Phi) is 3.74. The molecule has 2 nitrogen and oxygen atoms in total. The topological polar surface area (TPSA) is 22.1 Å². The van der Waals surface area contributed by atoms with Gasteiger partial charge in [-0.2, -0.15) is 0 Å². The van der Waals surface area contributed by atoms with E-state index in [0.29, 0.717) is 22.3 Å². The number of methoxy groups -OCH3 is 1. The van der Waals surface area contributed by atoms with Crippen molar-refractivity contribution in [1.29, 1.82) is 0 Å². The average Bonchev–Trinajstić information content (AvgIpc) is 2.38. The number of ether oxygens (including phenoxy) is 1. The predicted molar refractivity (Wildman–Crippen MR) is 68.8 cm³/mol. The van der Waals surface area contributed by atoms with E-state index >= 15 is 0 Å². The highest BCUT2D eigenvalue weighted by Gasteiger charge is 2.09. The summed E-state index contributed by atoms with van der Waals surface area (Å²) in [5.41, 5.74) is 2.25. The third kappa shape index (κ3) is 2.64. The van der Waals surface area contributed by atoms with Gasteiger partial charge in [-0.1, -0.05) is 28.1 Å². The third-order valence-electron chi connectivity index (χ3n) is 2.37. The summed E-state index contributed by atoms with van der Waals surface area (Å²) in [6.07, 6.45) is 0. The Bertz CT molecular complexity index is 531. The van der Waals surface area contributed by atoms with Gasteiger partial charge < -0.3 is 4.74 Å². The fourth-order valence-corrected chi connectivity index (χ4v) is 1.88. The van der Waals surface area contributed by atoms with Crippen LogP contribution in [-0.2, 0) is 5.33 Å². The van der Waals surface area contributed by atoms with Crippen molar-refractivity contribution in [1.82, 2.24) is 4.98 Å². The molecule has 0 radical (unpaired) electrons. The molecule has 0 aliphatic rings. The van der Waals surface area contributed by atoms with Gasteiger partial charge in [0.05, 0.1) is 12.8 Å². The second-order valence-electron chi connectivity index (χ2n) is 3.50. The maximum Gasteiger partial charge on any atom is 0.145 e. The Labute approximate surface area is 108 Å². The lowest BCUT2D eigenvalue weighted by Gasteiger charge is -2.09. The quantitative estimate of drug-likeness (QED) is 0.804. The van der Waals surface area contributed by atoms with E-state index in [-0.39, 0.29) is 5.82 Å². The lowest BCUT2D eigenvalue weighted by atomic mass is 10.1. The van der Waals surface area contributed by atoms with Crippen LogP contribution in [0.2, 0.25) is 0 Å². The molecule has 0 amide bonds. The first-order chi connectivity index (χ1) is 8.24. The molecule has 0 saturated carbocycles. The molecule has 0 N–H and O–H groups in total. The maximum atomic E-state index is 13.2. The monoisotopic (exact) mass is 295 g/mol. The van der Waals surface area contributed by atoms with E-state index in [2.05, 4.69) is 20.9 Å². The zero-order valence-corrected chi connectivity index (χ0v) is 10.9. The highest BCUT2D eigenvalue weighted by Crippen LogP contribution is 2.28. The fourth-order valence-electron chi connectivity index (χ4n) is 1.57. The van der Waals surface area contributed by atoms with E-state index < -0.39 is 0 Å². The van der Waals surface area contributed by atoms with Crippen LogP contribution in [0.3, 0.4) is 0 Å². The number of alkyl halides is 1. The first-order valence-electron chi connectivity index (χ1n) is 5.10. The Morgan fingerprint density at radius 3 is 2.76 bits per heavy atom. The Hall–Kier alpha value is -1.42. The van der Waals surface area contributed by atoms with Crippen LogP contribution >= 0.6 is 15.9 Å². The largest absolute Gasteiger partial charge is 0.494 e. The molecule has 0 bridgehead atoms. The van der Waals surface area contributed by atoms with Crippen LogP contribution in [0.5, 0.6) is 5.75 Å². The summed E-state index contributed by atoms with van der Waals surface area (Å²) >= 11 is 3.35. The summed E-state index contributed by atoms with van der Waals surface area (Å²) in [6, 6.07) is 10.0. The number of halogens is 2. The van der Waals surface area contributed by atoms with Crippen LogP contribution in [0.15, 0.2) is 36.4 Å². The first-order valence-corrected chi connectivity index (χ1v) is 6.22. The Morgan fingerprint density at radius 1 is 1.29 bits per heavy atom. The minimum atomic E-state index is -0.282. The summed E-state index contributed by atoms with van der Waals surface area (Å²) in [6.45, 7) is 0. The van der Waals surface area contributed by atoms with Crippen molar-refractivity contribution in [2.45, 2.75) is 5.33 Å². The molecule has 4 heteroatoms. The zero-order chi connectivity index (χ0) is 12.3. The molecular weight excluding hydrogens is 285 g/mol. The normalized spacial score (nSPS) is 10.3. The minimum Gasteiger partial charge on any atom is -0.494 e. The maximum absolute atomic E-state index is 13.2. The van der Waals surface area contributed by atoms with Crippen molar-refractivity contribution < 1.29 is 9.13 Å². The van der Waals surface area contributed by atoms with Crippen molar-refractivity contribution in [3.05, 3.63) is 47.9 Å². The second-order valence-corrected chi connectivity index (χ2v) is 4.06. The molecule has 0 spiro atoms. The molecule has 17 heavy (non-hydrogen) atoms. The van der Waals surface area contributed by atoms with Crippen molar-refractivity contribution in [2.75, 3.05) is 7.11 Å². The summed E-state index contributed by atoms with van der Waals surface area (Å²) in [5, 5.41) is 0.652. The fraction of sp³-hybridized carbons (Fsp3) is 0.154. The predicted octanol–water partition coefficient (Wildman–Crippen LogP) is 3.79. The van der Waals surface area contributed by atoms with Crippen LogP contribution in [0, 0.1) is 5.82 Å². The van der Waals surface area contributed by atoms with Gasteiger partial charge >= 0.3 is 0 Å². The number of hydrogen-bond donors (Lipinski definition) is 0. The molecule has 1 aromatic heterocycles. The van der Waals surface area contributed by atoms with Crippen molar-refractivity contribution >= 4 is 15.9 Å². The number of hydrogen-bond acceptors (Lipinski definition) is 2. The van der Waals surface area contributed by atoms with Crippen LogP contribution in [0.1, 0.15) is 5.69 Å². The summed E-state index contributed by atoms with van der Waals surface area (Å²) in [4.78, 5) is 4.43. The first kappa shape index (κ1) is 12.0. The van der Waals surface area contributed by atoms with Gasteiger partial charge in [-0.3, -0.25) is 0 Å². The summed E-state index contributed by atoms with van der Waals surface area (Å²) in [7, 11) is 1.58. The summed E-state index contributed by atoms with van der Waals surface area (Å²) in [5.74, 6) is 0.357. The molecular formula is C13H11BrFNO. The van der Waals surface area contributed by atoms with Gasteiger partial charge in [0.25, 0.3) is 0 Å². The lowest BCUT2D eigenvalue weighted by Crippen LogP contribution is -1.94. The molecule has 0 fully saturated rings. The molecule has 88 valence electrons. The minimum absolute atomic E-state index is 0.282. The number of benzene rings is 1. The molecule has 0 saturated heterocycles. The van der Waals surface area contributed by atoms with Gasteiger partial charge in [-0.05, 0) is 24.3 Å². The molecule has 2 aromatic rings. The molecule has 0 atom stereocenters. The van der Waals surface area contributed by atoms with Gasteiger partial charge in [0.1, 0.15) is 17.3 Å². The van der Waals surface area contributed by atoms with Crippen LogP contribution in [0.4, 0.5) is 4.39 Å². The lowest BCUT2D eigenvalue weighted by molar-refractivity contribution is 0.414. The van der Waals surface area contributed by atoms with E-state index in [1.807, 2.05) is 18.2 Å². The number of nitrogens with zero attached hydrogens (tertiary/aromatic N) is 1. The SMILES string of the molecule is COc1ccc(CBr)nc1-c1cccc(F)c1. The molecule has 0 aliphatic carbocycles. The second kappa shape index (κ2) is 5.27. The van der Waals surface area contributed by atoms with Gasteiger partial charge in [-0.15, -0.1) is 0 Å². The highest BCUT2D eigenvalue weighted by molar-refractivity contribution is 9.08. The van der Waals surface area contributed by atoms with Gasteiger partial charge in [0.15, 0.2) is 0 Å². The Morgan fingerprint density at radius 2 is 2.12 bits per heavy atom. The highest BCUT2D eigenvalue weighted by atomic mass is 79.9. The van der Waals surface area contributed by atoms with E-state index in [9.17, 15) is 4.39 Å². The van der Waals surface area contributed by atoms with Crippen LogP contribution in [0.25, 0.3) is 11.3 Å². The number of pyridine rings is 1. The Balaban J connectivity index is 2.56. The number of rotatable bonds is 3. The van der Waals surface area contributed by atoms with Gasteiger partial charge in [-0.25, -0.2) is 9.37 Å². The number of aromatic nitrogens is 1. The van der Waals surface area contributed by atoms with E-state index in [4.69, 9.17) is 4.74 Å². The van der Waals surface area contributed by atoms with Crippen LogP contribution < -0.4 is 4.74 Å². The third-order valence-corrected chi connectivity index (χ3v) is 2.95. The molecule has 0 aliphatic heterocycles. The zero-order valence-electron chi connectivity index (χ0n) is 9.28. The van der Waals surface area contributed by atoms with Crippen molar-refractivity contribution in [3.63, 3.8) is 0 Å². The van der Waals surface area contributed by atoms with E-state index in [0.717, 1.165) is 5.69 Å². The van der Waals surface area contributed by atoms with Crippen LogP contribution in [-0.4, -0.2) is 12.1 Å². The molecule has 1 aromatic carbocycles. The summed E-state index contributed by atoms with van der Waals surface area (Å²) < 4.78 is 18.4. The van der Waals surface area contributed by atoms with Crippen molar-refractivity contribution in [2.24, 2.45) is 0 Å². The molecule has 0 unspecified atom stereocenters. The van der Waals surface area contributed by atoms with E-state index in [1.54, 1.807) is 13.2 Å². The standard InChI is InChI=1S/C13H11BrFNO/c1-17-12-6-5-11(8-14)16-13(12)9-3-2-4-10(15)7-9/h2-7H,8H2,1H3. The molecule has 2 rings (SSSR count). The molecule has 1 heterocycles. The van der Waals surface area contributed by atoms with Gasteiger partial charge in [0, 0.05) is 10.9 Å². The van der Waals surface area contributed by atoms with Gasteiger partial charge in [0.2, 0.25) is 0 Å². The van der Waals surface area contributed by atoms with E-state index in [1.165, 1.54) is 12.1 Å². The average molecular weight is 296 g/mol. The smallest absolute Gasteiger partial charge is 0.145 e.